The number of nitrogens with zero attached hydrogens (tertiary/aromatic N) is 5. The number of fused-ring (bicyclic) bond motifs is 1. The summed E-state index contributed by atoms with van der Waals surface area (Å²) in [4.78, 5) is 16.7. The number of rotatable bonds is 4. The molecule has 25 heavy (non-hydrogen) atoms. The molecule has 0 saturated carbocycles. The van der Waals surface area contributed by atoms with Gasteiger partial charge in [-0.25, -0.2) is 4.98 Å². The van der Waals surface area contributed by atoms with Crippen molar-refractivity contribution in [3.8, 4) is 5.88 Å². The lowest BCUT2D eigenvalue weighted by Crippen LogP contribution is -2.51. The Hall–Kier alpha value is -3.07. The quantitative estimate of drug-likeness (QED) is 0.737. The molecule has 1 saturated heterocycles. The molecule has 0 spiro atoms. The third-order valence-electron chi connectivity index (χ3n) is 3.97. The Morgan fingerprint density at radius 1 is 1.32 bits per heavy atom. The van der Waals surface area contributed by atoms with E-state index in [1.54, 1.807) is 30.6 Å². The highest BCUT2D eigenvalue weighted by molar-refractivity contribution is 5.94. The van der Waals surface area contributed by atoms with E-state index in [0.717, 1.165) is 0 Å². The van der Waals surface area contributed by atoms with E-state index in [1.165, 1.54) is 4.52 Å². The molecule has 1 N–H and O–H groups in total. The van der Waals surface area contributed by atoms with E-state index in [-0.39, 0.29) is 18.1 Å². The van der Waals surface area contributed by atoms with Gasteiger partial charge in [-0.15, -0.1) is 5.10 Å². The second-order valence-electron chi connectivity index (χ2n) is 5.67. The molecule has 9 nitrogen and oxygen atoms in total. The highest BCUT2D eigenvalue weighted by Gasteiger charge is 2.29. The summed E-state index contributed by atoms with van der Waals surface area (Å²) in [7, 11) is 0. The summed E-state index contributed by atoms with van der Waals surface area (Å²) in [5.74, 6) is 0.297. The molecular formula is C16H16N6O3. The number of pyridine rings is 2. The molecule has 4 heterocycles. The first-order chi connectivity index (χ1) is 12.3. The Bertz CT molecular complexity index is 868. The second kappa shape index (κ2) is 6.81. The molecule has 2 atom stereocenters. The fourth-order valence-electron chi connectivity index (χ4n) is 2.69. The minimum Gasteiger partial charge on any atom is -0.472 e. The Labute approximate surface area is 143 Å². The number of amides is 1. The van der Waals surface area contributed by atoms with E-state index in [1.807, 2.05) is 12.1 Å². The van der Waals surface area contributed by atoms with Gasteiger partial charge in [0.15, 0.2) is 5.65 Å². The molecule has 128 valence electrons. The summed E-state index contributed by atoms with van der Waals surface area (Å²) < 4.78 is 12.9. The van der Waals surface area contributed by atoms with Crippen molar-refractivity contribution in [3.05, 3.63) is 48.3 Å². The molecule has 0 unspecified atom stereocenters. The summed E-state index contributed by atoms with van der Waals surface area (Å²) in [5.41, 5.74) is 1.04. The van der Waals surface area contributed by atoms with Gasteiger partial charge in [0.05, 0.1) is 24.8 Å². The Morgan fingerprint density at radius 3 is 3.16 bits per heavy atom. The van der Waals surface area contributed by atoms with Gasteiger partial charge in [-0.05, 0) is 28.6 Å². The maximum Gasteiger partial charge on any atom is 0.253 e. The molecule has 3 aromatic rings. The van der Waals surface area contributed by atoms with Gasteiger partial charge >= 0.3 is 0 Å². The summed E-state index contributed by atoms with van der Waals surface area (Å²) >= 11 is 0. The first kappa shape index (κ1) is 15.5. The Morgan fingerprint density at radius 2 is 2.28 bits per heavy atom. The van der Waals surface area contributed by atoms with Crippen molar-refractivity contribution in [1.29, 1.82) is 0 Å². The predicted molar refractivity (Wildman–Crippen MR) is 86.1 cm³/mol. The summed E-state index contributed by atoms with van der Waals surface area (Å²) in [6.07, 6.45) is 3.73. The van der Waals surface area contributed by atoms with Crippen LogP contribution in [-0.4, -0.2) is 56.3 Å². The van der Waals surface area contributed by atoms with Gasteiger partial charge < -0.3 is 14.8 Å². The van der Waals surface area contributed by atoms with Crippen LogP contribution in [0.15, 0.2) is 42.7 Å². The van der Waals surface area contributed by atoms with E-state index in [0.29, 0.717) is 36.7 Å². The minimum atomic E-state index is -0.271. The van der Waals surface area contributed by atoms with Gasteiger partial charge in [0, 0.05) is 24.9 Å². The van der Waals surface area contributed by atoms with Crippen molar-refractivity contribution < 1.29 is 14.3 Å². The zero-order chi connectivity index (χ0) is 17.1. The van der Waals surface area contributed by atoms with Crippen LogP contribution in [0.4, 0.5) is 0 Å². The predicted octanol–water partition coefficient (Wildman–Crippen LogP) is 0.486. The van der Waals surface area contributed by atoms with E-state index in [9.17, 15) is 4.79 Å². The molecule has 1 fully saturated rings. The fourth-order valence-corrected chi connectivity index (χ4v) is 2.69. The maximum absolute atomic E-state index is 12.6. The smallest absolute Gasteiger partial charge is 0.253 e. The van der Waals surface area contributed by atoms with E-state index < -0.39 is 0 Å². The van der Waals surface area contributed by atoms with Crippen LogP contribution >= 0.6 is 0 Å². The largest absolute Gasteiger partial charge is 0.472 e. The van der Waals surface area contributed by atoms with Crippen molar-refractivity contribution >= 4 is 11.6 Å². The van der Waals surface area contributed by atoms with E-state index >= 15 is 0 Å². The molecule has 1 amide bonds. The molecule has 1 aliphatic rings. The van der Waals surface area contributed by atoms with Crippen LogP contribution in [-0.2, 0) is 4.74 Å². The van der Waals surface area contributed by atoms with Crippen LogP contribution in [0.5, 0.6) is 5.88 Å². The van der Waals surface area contributed by atoms with Crippen molar-refractivity contribution in [1.82, 2.24) is 30.3 Å². The Balaban J connectivity index is 1.47. The van der Waals surface area contributed by atoms with Crippen molar-refractivity contribution in [2.45, 2.75) is 18.6 Å². The molecule has 9 heteroatoms. The first-order valence-electron chi connectivity index (χ1n) is 7.94. The third kappa shape index (κ3) is 3.41. The molecule has 0 aliphatic carbocycles. The number of carbonyl (C=O) groups is 1. The summed E-state index contributed by atoms with van der Waals surface area (Å²) in [5, 5.41) is 14.1. The minimum absolute atomic E-state index is 0.204. The van der Waals surface area contributed by atoms with Crippen LogP contribution in [0.25, 0.3) is 5.65 Å². The summed E-state index contributed by atoms with van der Waals surface area (Å²) in [6, 6.07) is 8.57. The number of ether oxygens (including phenoxy) is 2. The average Bonchev–Trinajstić information content (AvgIpc) is 3.12. The van der Waals surface area contributed by atoms with Crippen LogP contribution < -0.4 is 10.1 Å². The number of hydrogen-bond acceptors (Lipinski definition) is 7. The number of nitrogens with one attached hydrogen (secondary N) is 1. The Kier molecular flexibility index (Phi) is 4.21. The van der Waals surface area contributed by atoms with Gasteiger partial charge in [0.2, 0.25) is 5.88 Å². The van der Waals surface area contributed by atoms with Crippen LogP contribution in [0.1, 0.15) is 16.8 Å². The second-order valence-corrected chi connectivity index (χ2v) is 5.67. The number of hydrogen-bond donors (Lipinski definition) is 1. The van der Waals surface area contributed by atoms with Crippen molar-refractivity contribution in [3.63, 3.8) is 0 Å². The lowest BCUT2D eigenvalue weighted by Gasteiger charge is -2.32. The van der Waals surface area contributed by atoms with Crippen LogP contribution in [0.2, 0.25) is 0 Å². The van der Waals surface area contributed by atoms with Crippen molar-refractivity contribution in [2.75, 3.05) is 13.2 Å². The third-order valence-corrected chi connectivity index (χ3v) is 3.97. The highest BCUT2D eigenvalue weighted by atomic mass is 16.5. The average molecular weight is 340 g/mol. The standard InChI is InChI=1S/C16H16N6O3/c23-16(11-4-5-14-19-20-21-22(14)9-11)18-12-10-24-8-6-13(12)25-15-3-1-2-7-17-15/h1-5,7,9,12-13H,6,8,10H2,(H,18,23)/t12-,13-/m1/s1. The van der Waals surface area contributed by atoms with Crippen molar-refractivity contribution in [2.24, 2.45) is 0 Å². The van der Waals surface area contributed by atoms with E-state index in [2.05, 4.69) is 25.8 Å². The van der Waals surface area contributed by atoms with Crippen LogP contribution in [0, 0.1) is 0 Å². The molecule has 0 bridgehead atoms. The zero-order valence-corrected chi connectivity index (χ0v) is 13.3. The lowest BCUT2D eigenvalue weighted by molar-refractivity contribution is -0.00449. The summed E-state index contributed by atoms with van der Waals surface area (Å²) in [6.45, 7) is 0.969. The highest BCUT2D eigenvalue weighted by Crippen LogP contribution is 2.16. The molecule has 3 aromatic heterocycles. The normalized spacial score (nSPS) is 20.3. The topological polar surface area (TPSA) is 104 Å². The van der Waals surface area contributed by atoms with Gasteiger partial charge in [-0.3, -0.25) is 4.79 Å². The fraction of sp³-hybridized carbons (Fsp3) is 0.312. The molecule has 1 aliphatic heterocycles. The van der Waals surface area contributed by atoms with E-state index in [4.69, 9.17) is 9.47 Å². The number of aromatic nitrogens is 5. The molecule has 4 rings (SSSR count). The number of carbonyl (C=O) groups excluding carboxylic acids is 1. The molecule has 0 radical (unpaired) electrons. The SMILES string of the molecule is O=C(N[C@@H]1COCC[C@H]1Oc1ccccn1)c1ccc2nnnn2c1. The zero-order valence-electron chi connectivity index (χ0n) is 13.3. The lowest BCUT2D eigenvalue weighted by atomic mass is 10.1. The monoisotopic (exact) mass is 340 g/mol. The van der Waals surface area contributed by atoms with Crippen LogP contribution in [0.3, 0.4) is 0 Å². The molecular weight excluding hydrogens is 324 g/mol. The first-order valence-corrected chi connectivity index (χ1v) is 7.94. The van der Waals surface area contributed by atoms with Gasteiger partial charge in [0.1, 0.15) is 6.10 Å². The number of tetrazole rings is 1. The molecule has 0 aromatic carbocycles. The maximum atomic E-state index is 12.6. The van der Waals surface area contributed by atoms with Gasteiger partial charge in [-0.1, -0.05) is 6.07 Å². The van der Waals surface area contributed by atoms with Gasteiger partial charge in [-0.2, -0.15) is 4.52 Å². The van der Waals surface area contributed by atoms with Gasteiger partial charge in [0.25, 0.3) is 5.91 Å².